The highest BCUT2D eigenvalue weighted by molar-refractivity contribution is 6.30. The third-order valence-corrected chi connectivity index (χ3v) is 2.56. The molecule has 1 aromatic carbocycles. The summed E-state index contributed by atoms with van der Waals surface area (Å²) in [6.07, 6.45) is 4.95. The molecule has 1 amide bonds. The smallest absolute Gasteiger partial charge is 0.310 e. The number of nitrogens with one attached hydrogen (secondary N) is 1. The minimum absolute atomic E-state index is 0.0356. The maximum Gasteiger partial charge on any atom is 0.310 e. The number of benzene rings is 1. The van der Waals surface area contributed by atoms with Crippen molar-refractivity contribution >= 4 is 23.5 Å². The Bertz CT molecular complexity index is 536. The van der Waals surface area contributed by atoms with Crippen molar-refractivity contribution in [2.75, 3.05) is 20.3 Å². The van der Waals surface area contributed by atoms with Gasteiger partial charge in [-0.3, -0.25) is 9.59 Å². The first-order valence-electron chi connectivity index (χ1n) is 5.75. The van der Waals surface area contributed by atoms with Crippen molar-refractivity contribution in [3.63, 3.8) is 0 Å². The molecule has 0 bridgehead atoms. The van der Waals surface area contributed by atoms with Gasteiger partial charge in [0.15, 0.2) is 6.61 Å². The molecular formula is C14H14ClNO4. The van der Waals surface area contributed by atoms with Gasteiger partial charge in [-0.25, -0.2) is 0 Å². The number of halogens is 1. The first-order chi connectivity index (χ1) is 9.56. The fourth-order valence-electron chi connectivity index (χ4n) is 1.44. The van der Waals surface area contributed by atoms with E-state index in [0.717, 1.165) is 0 Å². The summed E-state index contributed by atoms with van der Waals surface area (Å²) < 4.78 is 9.94. The van der Waals surface area contributed by atoms with E-state index >= 15 is 0 Å². The number of methoxy groups -OCH3 is 1. The highest BCUT2D eigenvalue weighted by Crippen LogP contribution is 2.23. The molecule has 0 fully saturated rings. The third kappa shape index (κ3) is 5.21. The van der Waals surface area contributed by atoms with Crippen molar-refractivity contribution in [1.29, 1.82) is 0 Å². The molecule has 0 aliphatic heterocycles. The molecule has 1 N–H and O–H groups in total. The van der Waals surface area contributed by atoms with Gasteiger partial charge >= 0.3 is 5.97 Å². The van der Waals surface area contributed by atoms with E-state index in [4.69, 9.17) is 27.5 Å². The number of hydrogen-bond donors (Lipinski definition) is 1. The molecule has 6 heteroatoms. The first kappa shape index (κ1) is 15.9. The molecule has 20 heavy (non-hydrogen) atoms. The predicted octanol–water partition coefficient (Wildman–Crippen LogP) is 1.18. The van der Waals surface area contributed by atoms with Gasteiger partial charge in [0, 0.05) is 10.6 Å². The monoisotopic (exact) mass is 295 g/mol. The Hall–Kier alpha value is -2.19. The highest BCUT2D eigenvalue weighted by atomic mass is 35.5. The van der Waals surface area contributed by atoms with Crippen LogP contribution in [0.3, 0.4) is 0 Å². The number of carbonyl (C=O) groups is 2. The molecule has 0 aromatic heterocycles. The molecule has 0 aliphatic rings. The molecule has 0 atom stereocenters. The SMILES string of the molecule is C#CCNC(=O)COC(=O)Cc1cc(Cl)ccc1OC. The Morgan fingerprint density at radius 3 is 2.85 bits per heavy atom. The van der Waals surface area contributed by atoms with E-state index in [0.29, 0.717) is 16.3 Å². The minimum atomic E-state index is -0.554. The molecule has 0 unspecified atom stereocenters. The van der Waals surface area contributed by atoms with E-state index in [1.54, 1.807) is 18.2 Å². The maximum atomic E-state index is 11.6. The summed E-state index contributed by atoms with van der Waals surface area (Å²) in [6.45, 7) is -0.276. The fraction of sp³-hybridized carbons (Fsp3) is 0.286. The molecule has 0 radical (unpaired) electrons. The van der Waals surface area contributed by atoms with Crippen molar-refractivity contribution in [2.45, 2.75) is 6.42 Å². The van der Waals surface area contributed by atoms with Gasteiger partial charge in [-0.05, 0) is 18.2 Å². The Morgan fingerprint density at radius 2 is 2.20 bits per heavy atom. The minimum Gasteiger partial charge on any atom is -0.496 e. The third-order valence-electron chi connectivity index (χ3n) is 2.33. The van der Waals surface area contributed by atoms with E-state index < -0.39 is 11.9 Å². The molecule has 0 saturated heterocycles. The van der Waals surface area contributed by atoms with Crippen LogP contribution in [0, 0.1) is 12.3 Å². The lowest BCUT2D eigenvalue weighted by molar-refractivity contribution is -0.147. The zero-order valence-corrected chi connectivity index (χ0v) is 11.7. The van der Waals surface area contributed by atoms with Gasteiger partial charge in [-0.2, -0.15) is 0 Å². The van der Waals surface area contributed by atoms with Gasteiger partial charge in [0.2, 0.25) is 0 Å². The Balaban J connectivity index is 2.52. The molecule has 0 heterocycles. The number of ether oxygens (including phenoxy) is 2. The summed E-state index contributed by atoms with van der Waals surface area (Å²) in [5, 5.41) is 2.87. The van der Waals surface area contributed by atoms with Crippen molar-refractivity contribution in [2.24, 2.45) is 0 Å². The van der Waals surface area contributed by atoms with Crippen LogP contribution in [0.1, 0.15) is 5.56 Å². The van der Waals surface area contributed by atoms with Crippen molar-refractivity contribution in [3.8, 4) is 18.1 Å². The number of esters is 1. The number of hydrogen-bond acceptors (Lipinski definition) is 4. The molecule has 106 valence electrons. The fourth-order valence-corrected chi connectivity index (χ4v) is 1.63. The molecule has 1 aromatic rings. The lowest BCUT2D eigenvalue weighted by Gasteiger charge is -2.09. The van der Waals surface area contributed by atoms with E-state index in [-0.39, 0.29) is 19.6 Å². The van der Waals surface area contributed by atoms with Gasteiger partial charge < -0.3 is 14.8 Å². The summed E-state index contributed by atoms with van der Waals surface area (Å²) >= 11 is 5.85. The standard InChI is InChI=1S/C14H14ClNO4/c1-3-6-16-13(17)9-20-14(18)8-10-7-11(15)4-5-12(10)19-2/h1,4-5,7H,6,8-9H2,2H3,(H,16,17). The van der Waals surface area contributed by atoms with E-state index in [1.165, 1.54) is 7.11 Å². The molecule has 0 saturated carbocycles. The van der Waals surface area contributed by atoms with E-state index in [2.05, 4.69) is 11.2 Å². The molecule has 0 spiro atoms. The van der Waals surface area contributed by atoms with Crippen molar-refractivity contribution < 1.29 is 19.1 Å². The van der Waals surface area contributed by atoms with Crippen LogP contribution in [0.5, 0.6) is 5.75 Å². The van der Waals surface area contributed by atoms with Crippen LogP contribution in [0.25, 0.3) is 0 Å². The maximum absolute atomic E-state index is 11.6. The first-order valence-corrected chi connectivity index (χ1v) is 6.12. The average molecular weight is 296 g/mol. The molecule has 1 rings (SSSR count). The zero-order chi connectivity index (χ0) is 15.0. The van der Waals surface area contributed by atoms with Crippen LogP contribution in [0.2, 0.25) is 5.02 Å². The normalized spacial score (nSPS) is 9.45. The second kappa shape index (κ2) is 8.08. The van der Waals surface area contributed by atoms with Gasteiger partial charge in [0.1, 0.15) is 5.75 Å². The summed E-state index contributed by atoms with van der Waals surface area (Å²) in [5.41, 5.74) is 0.592. The number of amides is 1. The molecule has 5 nitrogen and oxygen atoms in total. The number of terminal acetylenes is 1. The summed E-state index contributed by atoms with van der Waals surface area (Å²) in [5.74, 6) is 1.77. The Kier molecular flexibility index (Phi) is 6.41. The zero-order valence-electron chi connectivity index (χ0n) is 10.9. The average Bonchev–Trinajstić information content (AvgIpc) is 2.43. The van der Waals surface area contributed by atoms with Crippen LogP contribution in [-0.2, 0) is 20.7 Å². The number of rotatable bonds is 6. The largest absolute Gasteiger partial charge is 0.496 e. The van der Waals surface area contributed by atoms with Gasteiger partial charge in [0.25, 0.3) is 5.91 Å². The second-order valence-electron chi connectivity index (χ2n) is 3.77. The van der Waals surface area contributed by atoms with Crippen LogP contribution in [-0.4, -0.2) is 32.1 Å². The summed E-state index contributed by atoms with van der Waals surface area (Å²) in [7, 11) is 1.49. The van der Waals surface area contributed by atoms with Gasteiger partial charge in [-0.15, -0.1) is 6.42 Å². The molecular weight excluding hydrogens is 282 g/mol. The van der Waals surface area contributed by atoms with Crippen molar-refractivity contribution in [1.82, 2.24) is 5.32 Å². The number of carbonyl (C=O) groups excluding carboxylic acids is 2. The highest BCUT2D eigenvalue weighted by Gasteiger charge is 2.12. The predicted molar refractivity (Wildman–Crippen MR) is 74.5 cm³/mol. The van der Waals surface area contributed by atoms with Crippen molar-refractivity contribution in [3.05, 3.63) is 28.8 Å². The van der Waals surface area contributed by atoms with E-state index in [1.807, 2.05) is 0 Å². The molecule has 0 aliphatic carbocycles. The summed E-state index contributed by atoms with van der Waals surface area (Å²) in [6, 6.07) is 4.92. The Labute approximate surface area is 122 Å². The quantitative estimate of drug-likeness (QED) is 0.632. The second-order valence-corrected chi connectivity index (χ2v) is 4.21. The lowest BCUT2D eigenvalue weighted by atomic mass is 10.1. The van der Waals surface area contributed by atoms with Crippen LogP contribution >= 0.6 is 11.6 Å². The van der Waals surface area contributed by atoms with Gasteiger partial charge in [0.05, 0.1) is 20.1 Å². The lowest BCUT2D eigenvalue weighted by Crippen LogP contribution is -2.29. The van der Waals surface area contributed by atoms with Crippen LogP contribution in [0.15, 0.2) is 18.2 Å². The Morgan fingerprint density at radius 1 is 1.45 bits per heavy atom. The topological polar surface area (TPSA) is 64.6 Å². The van der Waals surface area contributed by atoms with Crippen LogP contribution in [0.4, 0.5) is 0 Å². The van der Waals surface area contributed by atoms with Gasteiger partial charge in [-0.1, -0.05) is 17.5 Å². The van der Waals surface area contributed by atoms with E-state index in [9.17, 15) is 9.59 Å². The summed E-state index contributed by atoms with van der Waals surface area (Å²) in [4.78, 5) is 22.8. The van der Waals surface area contributed by atoms with Crippen LogP contribution < -0.4 is 10.1 Å².